The molecule has 1 aromatic heterocycles. The Labute approximate surface area is 96.7 Å². The molecule has 0 aliphatic heterocycles. The van der Waals surface area contributed by atoms with Crippen molar-refractivity contribution in [2.45, 2.75) is 5.16 Å². The van der Waals surface area contributed by atoms with Crippen LogP contribution in [0.4, 0.5) is 5.95 Å². The third kappa shape index (κ3) is 2.40. The molecule has 0 fully saturated rings. The lowest BCUT2D eigenvalue weighted by atomic mass is 10.2. The predicted molar refractivity (Wildman–Crippen MR) is 62.6 cm³/mol. The number of rotatable bonds is 3. The number of carbonyl (C=O) groups is 1. The fourth-order valence-corrected chi connectivity index (χ4v) is 1.48. The summed E-state index contributed by atoms with van der Waals surface area (Å²) in [5, 5.41) is 9.77. The van der Waals surface area contributed by atoms with Crippen molar-refractivity contribution in [3.8, 4) is 0 Å². The van der Waals surface area contributed by atoms with Gasteiger partial charge in [-0.3, -0.25) is 10.1 Å². The molecule has 2 rings (SSSR count). The molecule has 2 N–H and O–H groups in total. The van der Waals surface area contributed by atoms with Gasteiger partial charge in [0.2, 0.25) is 11.1 Å². The van der Waals surface area contributed by atoms with Crippen LogP contribution in [-0.4, -0.2) is 27.3 Å². The van der Waals surface area contributed by atoms with E-state index in [4.69, 9.17) is 0 Å². The Hall–Kier alpha value is -1.82. The molecule has 0 bridgehead atoms. The highest BCUT2D eigenvalue weighted by molar-refractivity contribution is 7.98. The first-order valence-electron chi connectivity index (χ1n) is 4.62. The predicted octanol–water partition coefficient (Wildman–Crippen LogP) is 1.78. The average molecular weight is 234 g/mol. The Morgan fingerprint density at radius 2 is 2.12 bits per heavy atom. The molecule has 0 saturated heterocycles. The van der Waals surface area contributed by atoms with Crippen molar-refractivity contribution in [2.75, 3.05) is 11.6 Å². The van der Waals surface area contributed by atoms with Crippen LogP contribution in [0, 0.1) is 0 Å². The summed E-state index contributed by atoms with van der Waals surface area (Å²) in [4.78, 5) is 15.8. The van der Waals surface area contributed by atoms with Crippen LogP contribution in [0.3, 0.4) is 0 Å². The smallest absolute Gasteiger partial charge is 0.258 e. The van der Waals surface area contributed by atoms with E-state index in [2.05, 4.69) is 20.5 Å². The van der Waals surface area contributed by atoms with Gasteiger partial charge in [-0.15, -0.1) is 5.10 Å². The molecule has 82 valence electrons. The van der Waals surface area contributed by atoms with Crippen molar-refractivity contribution < 1.29 is 4.79 Å². The second kappa shape index (κ2) is 4.80. The zero-order valence-corrected chi connectivity index (χ0v) is 9.41. The van der Waals surface area contributed by atoms with Crippen LogP contribution in [0.25, 0.3) is 0 Å². The van der Waals surface area contributed by atoms with E-state index < -0.39 is 0 Å². The molecule has 1 aromatic carbocycles. The molecule has 16 heavy (non-hydrogen) atoms. The number of aromatic amines is 1. The van der Waals surface area contributed by atoms with Gasteiger partial charge in [-0.25, -0.2) is 5.10 Å². The van der Waals surface area contributed by atoms with Crippen molar-refractivity contribution in [1.82, 2.24) is 15.2 Å². The third-order valence-electron chi connectivity index (χ3n) is 1.92. The molecule has 0 aliphatic carbocycles. The Balaban J connectivity index is 2.08. The second-order valence-electron chi connectivity index (χ2n) is 2.99. The topological polar surface area (TPSA) is 70.7 Å². The molecule has 0 saturated carbocycles. The summed E-state index contributed by atoms with van der Waals surface area (Å²) in [6.45, 7) is 0. The Kier molecular flexibility index (Phi) is 3.21. The molecule has 1 amide bonds. The monoisotopic (exact) mass is 234 g/mol. The summed E-state index contributed by atoms with van der Waals surface area (Å²) in [6, 6.07) is 8.95. The minimum atomic E-state index is -0.204. The van der Waals surface area contributed by atoms with E-state index in [-0.39, 0.29) is 5.91 Å². The highest BCUT2D eigenvalue weighted by Crippen LogP contribution is 2.10. The van der Waals surface area contributed by atoms with Crippen molar-refractivity contribution in [3.05, 3.63) is 35.9 Å². The Morgan fingerprint density at radius 3 is 2.75 bits per heavy atom. The SMILES string of the molecule is CSc1n[nH]c(NC(=O)c2ccccc2)n1. The molecular formula is C10H10N4OS. The normalized spacial score (nSPS) is 10.1. The number of nitrogens with one attached hydrogen (secondary N) is 2. The number of amides is 1. The summed E-state index contributed by atoms with van der Waals surface area (Å²) in [5.41, 5.74) is 0.588. The molecule has 2 aromatic rings. The fraction of sp³-hybridized carbons (Fsp3) is 0.100. The highest BCUT2D eigenvalue weighted by Gasteiger charge is 2.08. The van der Waals surface area contributed by atoms with Gasteiger partial charge in [0.05, 0.1) is 0 Å². The van der Waals surface area contributed by atoms with Crippen molar-refractivity contribution in [3.63, 3.8) is 0 Å². The van der Waals surface area contributed by atoms with Crippen molar-refractivity contribution in [1.29, 1.82) is 0 Å². The van der Waals surface area contributed by atoms with Gasteiger partial charge in [0.1, 0.15) is 0 Å². The molecule has 0 aliphatic rings. The van der Waals surface area contributed by atoms with E-state index in [1.54, 1.807) is 12.1 Å². The molecule has 0 radical (unpaired) electrons. The van der Waals surface area contributed by atoms with Gasteiger partial charge in [0.15, 0.2) is 0 Å². The third-order valence-corrected chi connectivity index (χ3v) is 2.46. The first-order chi connectivity index (χ1) is 7.79. The number of anilines is 1. The first kappa shape index (κ1) is 10.7. The highest BCUT2D eigenvalue weighted by atomic mass is 32.2. The number of thioether (sulfide) groups is 1. The first-order valence-corrected chi connectivity index (χ1v) is 5.85. The van der Waals surface area contributed by atoms with Gasteiger partial charge in [-0.1, -0.05) is 30.0 Å². The molecular weight excluding hydrogens is 224 g/mol. The minimum Gasteiger partial charge on any atom is -0.291 e. The van der Waals surface area contributed by atoms with Crippen LogP contribution >= 0.6 is 11.8 Å². The van der Waals surface area contributed by atoms with E-state index in [0.29, 0.717) is 16.7 Å². The maximum absolute atomic E-state index is 11.7. The number of carbonyl (C=O) groups excluding carboxylic acids is 1. The average Bonchev–Trinajstić information content (AvgIpc) is 2.78. The van der Waals surface area contributed by atoms with Gasteiger partial charge in [-0.2, -0.15) is 4.98 Å². The number of hydrogen-bond acceptors (Lipinski definition) is 4. The quantitative estimate of drug-likeness (QED) is 0.794. The maximum atomic E-state index is 11.7. The van der Waals surface area contributed by atoms with Gasteiger partial charge < -0.3 is 0 Å². The lowest BCUT2D eigenvalue weighted by Crippen LogP contribution is -2.12. The Morgan fingerprint density at radius 1 is 1.38 bits per heavy atom. The molecule has 5 nitrogen and oxygen atoms in total. The number of nitrogens with zero attached hydrogens (tertiary/aromatic N) is 2. The summed E-state index contributed by atoms with van der Waals surface area (Å²) >= 11 is 1.41. The van der Waals surface area contributed by atoms with E-state index in [9.17, 15) is 4.79 Å². The summed E-state index contributed by atoms with van der Waals surface area (Å²) < 4.78 is 0. The fourth-order valence-electron chi connectivity index (χ4n) is 1.16. The van der Waals surface area contributed by atoms with Crippen LogP contribution < -0.4 is 5.32 Å². The molecule has 1 heterocycles. The van der Waals surface area contributed by atoms with Crippen molar-refractivity contribution >= 4 is 23.6 Å². The summed E-state index contributed by atoms with van der Waals surface area (Å²) in [6.07, 6.45) is 1.87. The molecule has 0 unspecified atom stereocenters. The number of H-pyrrole nitrogens is 1. The van der Waals surface area contributed by atoms with Crippen LogP contribution in [0.1, 0.15) is 10.4 Å². The second-order valence-corrected chi connectivity index (χ2v) is 3.76. The maximum Gasteiger partial charge on any atom is 0.258 e. The van der Waals surface area contributed by atoms with E-state index in [1.165, 1.54) is 11.8 Å². The number of hydrogen-bond donors (Lipinski definition) is 2. The summed E-state index contributed by atoms with van der Waals surface area (Å²) in [7, 11) is 0. The lowest BCUT2D eigenvalue weighted by molar-refractivity contribution is 0.102. The van der Waals surface area contributed by atoms with Gasteiger partial charge in [0.25, 0.3) is 5.91 Å². The molecule has 0 spiro atoms. The van der Waals surface area contributed by atoms with E-state index >= 15 is 0 Å². The van der Waals surface area contributed by atoms with Gasteiger partial charge >= 0.3 is 0 Å². The van der Waals surface area contributed by atoms with Crippen LogP contribution in [0.15, 0.2) is 35.5 Å². The van der Waals surface area contributed by atoms with Crippen molar-refractivity contribution in [2.24, 2.45) is 0 Å². The van der Waals surface area contributed by atoms with Crippen LogP contribution in [-0.2, 0) is 0 Å². The van der Waals surface area contributed by atoms with E-state index in [0.717, 1.165) is 0 Å². The van der Waals surface area contributed by atoms with E-state index in [1.807, 2.05) is 24.5 Å². The largest absolute Gasteiger partial charge is 0.291 e. The number of aromatic nitrogens is 3. The Bertz CT molecular complexity index is 483. The van der Waals surface area contributed by atoms with Crippen LogP contribution in [0.5, 0.6) is 0 Å². The van der Waals surface area contributed by atoms with Gasteiger partial charge in [-0.05, 0) is 18.4 Å². The zero-order chi connectivity index (χ0) is 11.4. The molecule has 6 heteroatoms. The van der Waals surface area contributed by atoms with Gasteiger partial charge in [0, 0.05) is 5.56 Å². The lowest BCUT2D eigenvalue weighted by Gasteiger charge is -1.99. The molecule has 0 atom stereocenters. The minimum absolute atomic E-state index is 0.204. The standard InChI is InChI=1S/C10H10N4OS/c1-16-10-12-9(13-14-10)11-8(15)7-5-3-2-4-6-7/h2-6H,1H3,(H2,11,12,13,14,15). The summed E-state index contributed by atoms with van der Waals surface area (Å²) in [5.74, 6) is 0.155. The van der Waals surface area contributed by atoms with Crippen LogP contribution in [0.2, 0.25) is 0 Å². The number of benzene rings is 1. The zero-order valence-electron chi connectivity index (χ0n) is 8.60.